The number of ether oxygens (including phenoxy) is 1. The first-order chi connectivity index (χ1) is 9.22. The second-order valence-corrected chi connectivity index (χ2v) is 4.00. The van der Waals surface area contributed by atoms with Crippen LogP contribution in [-0.2, 0) is 11.3 Å². The van der Waals surface area contributed by atoms with Crippen LogP contribution in [0.5, 0.6) is 0 Å². The third kappa shape index (κ3) is 3.31. The molecule has 0 aliphatic rings. The number of aromatic nitrogens is 3. The number of aliphatic hydroxyl groups excluding tert-OH is 1. The molecule has 2 aromatic heterocycles. The van der Waals surface area contributed by atoms with Crippen molar-refractivity contribution in [3.8, 4) is 0 Å². The predicted molar refractivity (Wildman–Crippen MR) is 70.7 cm³/mol. The van der Waals surface area contributed by atoms with Crippen LogP contribution in [-0.4, -0.2) is 46.4 Å². The molecule has 0 aliphatic carbocycles. The zero-order valence-corrected chi connectivity index (χ0v) is 10.4. The van der Waals surface area contributed by atoms with Crippen molar-refractivity contribution in [1.82, 2.24) is 20.3 Å². The number of rotatable bonds is 7. The smallest absolute Gasteiger partial charge is 0.262 e. The quantitative estimate of drug-likeness (QED) is 0.406. The van der Waals surface area contributed by atoms with Gasteiger partial charge in [0.2, 0.25) is 5.95 Å². The molecule has 0 aromatic carbocycles. The Hall–Kier alpha value is -1.90. The summed E-state index contributed by atoms with van der Waals surface area (Å²) in [6, 6.07) is 0. The lowest BCUT2D eigenvalue weighted by Gasteiger charge is -2.04. The zero-order chi connectivity index (χ0) is 13.7. The normalized spacial score (nSPS) is 11.2. The monoisotopic (exact) mass is 267 g/mol. The Kier molecular flexibility index (Phi) is 4.50. The summed E-state index contributed by atoms with van der Waals surface area (Å²) in [6.07, 6.45) is 1.73. The summed E-state index contributed by atoms with van der Waals surface area (Å²) >= 11 is 0. The number of fused-ring (bicyclic) bond motifs is 1. The molecular weight excluding hydrogens is 250 g/mol. The molecule has 19 heavy (non-hydrogen) atoms. The van der Waals surface area contributed by atoms with Crippen molar-refractivity contribution in [2.24, 2.45) is 0 Å². The minimum atomic E-state index is -0.253. The van der Waals surface area contributed by atoms with E-state index in [0.717, 1.165) is 5.56 Å². The van der Waals surface area contributed by atoms with E-state index < -0.39 is 0 Å². The van der Waals surface area contributed by atoms with Crippen LogP contribution < -0.4 is 16.6 Å². The minimum Gasteiger partial charge on any atom is -0.394 e. The molecule has 104 valence electrons. The van der Waals surface area contributed by atoms with E-state index >= 15 is 0 Å². The van der Waals surface area contributed by atoms with E-state index in [0.29, 0.717) is 37.3 Å². The van der Waals surface area contributed by atoms with Crippen molar-refractivity contribution >= 4 is 17.0 Å². The lowest BCUT2D eigenvalue weighted by atomic mass is 10.2. The standard InChI is InChI=1S/C11H17N5O3/c12-11-15-9-8(10(18)16-11)7(6-14-9)5-13-1-3-19-4-2-17/h6,13,17H,1-5H2,(H4,12,14,15,16,18). The molecule has 0 aliphatic heterocycles. The first kappa shape index (κ1) is 13.5. The maximum absolute atomic E-state index is 11.8. The Balaban J connectivity index is 1.96. The summed E-state index contributed by atoms with van der Waals surface area (Å²) in [5.74, 6) is 0.0938. The number of H-pyrrole nitrogens is 2. The molecule has 2 heterocycles. The van der Waals surface area contributed by atoms with Gasteiger partial charge in [-0.2, -0.15) is 4.98 Å². The van der Waals surface area contributed by atoms with Crippen molar-refractivity contribution in [3.63, 3.8) is 0 Å². The van der Waals surface area contributed by atoms with Gasteiger partial charge < -0.3 is 25.9 Å². The summed E-state index contributed by atoms with van der Waals surface area (Å²) in [5.41, 5.74) is 6.52. The second-order valence-electron chi connectivity index (χ2n) is 4.00. The molecule has 0 unspecified atom stereocenters. The highest BCUT2D eigenvalue weighted by Gasteiger charge is 2.09. The highest BCUT2D eigenvalue weighted by Crippen LogP contribution is 2.11. The molecule has 0 saturated heterocycles. The molecule has 2 rings (SSSR count). The van der Waals surface area contributed by atoms with E-state index in [1.807, 2.05) is 0 Å². The molecule has 0 amide bonds. The molecule has 6 N–H and O–H groups in total. The van der Waals surface area contributed by atoms with Gasteiger partial charge in [0.1, 0.15) is 5.65 Å². The average molecular weight is 267 g/mol. The van der Waals surface area contributed by atoms with Crippen LogP contribution in [0.1, 0.15) is 5.56 Å². The highest BCUT2D eigenvalue weighted by molar-refractivity contribution is 5.79. The zero-order valence-electron chi connectivity index (χ0n) is 10.4. The lowest BCUT2D eigenvalue weighted by Crippen LogP contribution is -2.21. The summed E-state index contributed by atoms with van der Waals surface area (Å²) in [5, 5.41) is 12.2. The van der Waals surface area contributed by atoms with Crippen molar-refractivity contribution < 1.29 is 9.84 Å². The van der Waals surface area contributed by atoms with E-state index in [4.69, 9.17) is 15.6 Å². The fourth-order valence-corrected chi connectivity index (χ4v) is 1.79. The molecule has 0 fully saturated rings. The third-order valence-electron chi connectivity index (χ3n) is 2.62. The van der Waals surface area contributed by atoms with Crippen molar-refractivity contribution in [3.05, 3.63) is 22.1 Å². The van der Waals surface area contributed by atoms with Crippen LogP contribution in [0.2, 0.25) is 0 Å². The summed E-state index contributed by atoms with van der Waals surface area (Å²) in [6.45, 7) is 2.01. The van der Waals surface area contributed by atoms with Gasteiger partial charge in [-0.3, -0.25) is 9.78 Å². The Morgan fingerprint density at radius 1 is 1.47 bits per heavy atom. The molecule has 0 saturated carbocycles. The van der Waals surface area contributed by atoms with Crippen LogP contribution in [0.4, 0.5) is 5.95 Å². The molecular formula is C11H17N5O3. The van der Waals surface area contributed by atoms with Gasteiger partial charge in [-0.1, -0.05) is 0 Å². The molecule has 0 bridgehead atoms. The molecule has 0 spiro atoms. The van der Waals surface area contributed by atoms with E-state index in [2.05, 4.69) is 20.3 Å². The summed E-state index contributed by atoms with van der Waals surface area (Å²) in [7, 11) is 0. The number of hydrogen-bond acceptors (Lipinski definition) is 6. The Bertz CT molecular complexity index is 592. The van der Waals surface area contributed by atoms with E-state index in [9.17, 15) is 4.79 Å². The molecule has 0 atom stereocenters. The van der Waals surface area contributed by atoms with Crippen LogP contribution in [0.25, 0.3) is 11.0 Å². The van der Waals surface area contributed by atoms with E-state index in [1.54, 1.807) is 6.20 Å². The number of nitrogens with zero attached hydrogens (tertiary/aromatic N) is 1. The maximum atomic E-state index is 11.8. The van der Waals surface area contributed by atoms with Crippen LogP contribution in [0.15, 0.2) is 11.0 Å². The third-order valence-corrected chi connectivity index (χ3v) is 2.62. The molecule has 8 nitrogen and oxygen atoms in total. The molecule has 0 radical (unpaired) electrons. The summed E-state index contributed by atoms with van der Waals surface area (Å²) < 4.78 is 5.11. The molecule has 2 aromatic rings. The fourth-order valence-electron chi connectivity index (χ4n) is 1.79. The first-order valence-electron chi connectivity index (χ1n) is 5.97. The van der Waals surface area contributed by atoms with Gasteiger partial charge >= 0.3 is 0 Å². The van der Waals surface area contributed by atoms with Gasteiger partial charge in [-0.25, -0.2) is 0 Å². The Morgan fingerprint density at radius 2 is 2.32 bits per heavy atom. The van der Waals surface area contributed by atoms with Crippen LogP contribution in [0.3, 0.4) is 0 Å². The number of nitrogen functional groups attached to an aromatic ring is 1. The number of nitrogens with two attached hydrogens (primary N) is 1. The SMILES string of the molecule is Nc1nc2[nH]cc(CNCCOCCO)c2c(=O)[nH]1. The van der Waals surface area contributed by atoms with Crippen LogP contribution in [0, 0.1) is 0 Å². The second kappa shape index (κ2) is 6.32. The van der Waals surface area contributed by atoms with Gasteiger partial charge in [0.05, 0.1) is 25.2 Å². The highest BCUT2D eigenvalue weighted by atomic mass is 16.5. The van der Waals surface area contributed by atoms with Crippen molar-refractivity contribution in [2.45, 2.75) is 6.54 Å². The van der Waals surface area contributed by atoms with Gasteiger partial charge in [0.25, 0.3) is 5.56 Å². The van der Waals surface area contributed by atoms with E-state index in [-0.39, 0.29) is 18.1 Å². The predicted octanol–water partition coefficient (Wildman–Crippen LogP) is -1.07. The first-order valence-corrected chi connectivity index (χ1v) is 5.97. The fraction of sp³-hybridized carbons (Fsp3) is 0.455. The number of aliphatic hydroxyl groups is 1. The van der Waals surface area contributed by atoms with Crippen LogP contribution >= 0.6 is 0 Å². The Labute approximate surface area is 109 Å². The molecule has 8 heteroatoms. The number of aromatic amines is 2. The van der Waals surface area contributed by atoms with Gasteiger partial charge in [0, 0.05) is 19.3 Å². The number of nitrogens with one attached hydrogen (secondary N) is 3. The number of hydrogen-bond donors (Lipinski definition) is 5. The summed E-state index contributed by atoms with van der Waals surface area (Å²) in [4.78, 5) is 21.2. The largest absolute Gasteiger partial charge is 0.394 e. The van der Waals surface area contributed by atoms with Gasteiger partial charge in [-0.15, -0.1) is 0 Å². The van der Waals surface area contributed by atoms with Crippen molar-refractivity contribution in [2.75, 3.05) is 32.1 Å². The maximum Gasteiger partial charge on any atom is 0.262 e. The van der Waals surface area contributed by atoms with Crippen molar-refractivity contribution in [1.29, 1.82) is 0 Å². The lowest BCUT2D eigenvalue weighted by molar-refractivity contribution is 0.0938. The topological polar surface area (TPSA) is 129 Å². The van der Waals surface area contributed by atoms with Gasteiger partial charge in [0.15, 0.2) is 0 Å². The van der Waals surface area contributed by atoms with Gasteiger partial charge in [-0.05, 0) is 5.56 Å². The minimum absolute atomic E-state index is 0.0188. The Morgan fingerprint density at radius 3 is 3.11 bits per heavy atom. The van der Waals surface area contributed by atoms with E-state index in [1.165, 1.54) is 0 Å². The average Bonchev–Trinajstić information content (AvgIpc) is 2.77. The number of anilines is 1.